The molecule has 6 amide bonds. The first-order chi connectivity index (χ1) is 24.0. The maximum atomic E-state index is 13.9. The molecule has 2 aromatic rings. The zero-order chi connectivity index (χ0) is 35.4. The van der Waals surface area contributed by atoms with Crippen molar-refractivity contribution in [1.82, 2.24) is 24.9 Å². The summed E-state index contributed by atoms with van der Waals surface area (Å²) in [4.78, 5) is 61.2. The average molecular weight is 698 g/mol. The van der Waals surface area contributed by atoms with Gasteiger partial charge in [-0.05, 0) is 82.3 Å². The van der Waals surface area contributed by atoms with Crippen LogP contribution in [0.25, 0.3) is 0 Å². The number of alkyl halides is 3. The van der Waals surface area contributed by atoms with Crippen molar-refractivity contribution in [3.8, 4) is 0 Å². The summed E-state index contributed by atoms with van der Waals surface area (Å²) < 4.78 is 41.3. The number of rotatable bonds is 7. The molecule has 0 saturated carbocycles. The molecule has 4 aliphatic rings. The normalized spacial score (nSPS) is 20.2. The van der Waals surface area contributed by atoms with Crippen molar-refractivity contribution in [2.75, 3.05) is 49.9 Å². The lowest BCUT2D eigenvalue weighted by Crippen LogP contribution is -2.56. The van der Waals surface area contributed by atoms with Crippen molar-refractivity contribution < 1.29 is 32.3 Å². The minimum atomic E-state index is -4.71. The number of nitrogens with zero attached hydrogens (tertiary/aromatic N) is 4. The Bertz CT molecular complexity index is 1560. The number of hydrogen-bond donors (Lipinski definition) is 3. The molecular weight excluding hydrogens is 651 g/mol. The van der Waals surface area contributed by atoms with E-state index in [0.717, 1.165) is 56.1 Å². The van der Waals surface area contributed by atoms with Gasteiger partial charge in [0.1, 0.15) is 6.04 Å². The Morgan fingerprint density at radius 1 is 0.880 bits per heavy atom. The Kier molecular flexibility index (Phi) is 10.8. The second-order valence-electron chi connectivity index (χ2n) is 13.9. The number of carbonyl (C=O) groups excluding carboxylic acids is 4. The van der Waals surface area contributed by atoms with E-state index in [2.05, 4.69) is 20.9 Å². The molecule has 3 saturated heterocycles. The van der Waals surface area contributed by atoms with Gasteiger partial charge in [0.15, 0.2) is 0 Å². The Balaban J connectivity index is 1.10. The second-order valence-corrected chi connectivity index (χ2v) is 13.9. The van der Waals surface area contributed by atoms with E-state index in [9.17, 15) is 32.3 Å². The molecule has 50 heavy (non-hydrogen) atoms. The highest BCUT2D eigenvalue weighted by atomic mass is 19.4. The molecule has 11 nitrogen and oxygen atoms in total. The number of carbonyl (C=O) groups is 4. The standard InChI is InChI=1S/C36H46F3N7O4/c1-24-9-10-30(28(21-24)36(37,38)39)40-34(49)41-31(33(48)45-19-11-26(12-20-45)43-15-5-2-6-16-43)22-32(47)44-17-13-27(14-18-44)46-23-25-7-3-4-8-29(25)42-35(46)50/h3-4,7-10,21,26-27,31H,2,5-6,11-20,22-23H2,1H3,(H,42,50)(H2,40,41,49)/t31-/m0/s1. The van der Waals surface area contributed by atoms with E-state index in [1.807, 2.05) is 24.3 Å². The molecule has 0 unspecified atom stereocenters. The Morgan fingerprint density at radius 2 is 1.54 bits per heavy atom. The Labute approximate surface area is 290 Å². The summed E-state index contributed by atoms with van der Waals surface area (Å²) in [5, 5.41) is 7.76. The smallest absolute Gasteiger partial charge is 0.342 e. The van der Waals surface area contributed by atoms with Gasteiger partial charge in [0.25, 0.3) is 0 Å². The quantitative estimate of drug-likeness (QED) is 0.358. The van der Waals surface area contributed by atoms with Gasteiger partial charge in [0, 0.05) is 50.5 Å². The number of nitrogens with one attached hydrogen (secondary N) is 3. The van der Waals surface area contributed by atoms with E-state index in [4.69, 9.17) is 0 Å². The van der Waals surface area contributed by atoms with Gasteiger partial charge in [-0.25, -0.2) is 9.59 Å². The SMILES string of the molecule is Cc1ccc(NC(=O)N[C@@H](CC(=O)N2CCC(N3Cc4ccccc4NC3=O)CC2)C(=O)N2CCC(N3CCCCC3)CC2)c(C(F)(F)F)c1. The number of fused-ring (bicyclic) bond motifs is 1. The van der Waals surface area contributed by atoms with Crippen LogP contribution in [0.1, 0.15) is 68.1 Å². The minimum Gasteiger partial charge on any atom is -0.342 e. The van der Waals surface area contributed by atoms with Crippen LogP contribution in [0.2, 0.25) is 0 Å². The summed E-state index contributed by atoms with van der Waals surface area (Å²) in [6.07, 6.45) is 1.16. The highest BCUT2D eigenvalue weighted by Crippen LogP contribution is 2.35. The van der Waals surface area contributed by atoms with E-state index < -0.39 is 35.4 Å². The van der Waals surface area contributed by atoms with Crippen LogP contribution >= 0.6 is 0 Å². The number of hydrogen-bond acceptors (Lipinski definition) is 5. The molecule has 3 fully saturated rings. The third kappa shape index (κ3) is 8.34. The van der Waals surface area contributed by atoms with Gasteiger partial charge < -0.3 is 35.6 Å². The largest absolute Gasteiger partial charge is 0.418 e. The molecule has 3 N–H and O–H groups in total. The van der Waals surface area contributed by atoms with Gasteiger partial charge in [0.2, 0.25) is 11.8 Å². The molecule has 6 rings (SSSR count). The van der Waals surface area contributed by atoms with Crippen molar-refractivity contribution in [3.05, 3.63) is 59.2 Å². The first-order valence-corrected chi connectivity index (χ1v) is 17.7. The Hall–Kier alpha value is -4.33. The van der Waals surface area contributed by atoms with Crippen LogP contribution in [0.4, 0.5) is 34.1 Å². The topological polar surface area (TPSA) is 117 Å². The number of halogens is 3. The van der Waals surface area contributed by atoms with Gasteiger partial charge in [-0.3, -0.25) is 9.59 Å². The van der Waals surface area contributed by atoms with Crippen molar-refractivity contribution in [2.24, 2.45) is 0 Å². The van der Waals surface area contributed by atoms with Crippen LogP contribution in [-0.4, -0.2) is 101 Å². The molecule has 0 radical (unpaired) electrons. The maximum Gasteiger partial charge on any atom is 0.418 e. The van der Waals surface area contributed by atoms with E-state index in [-0.39, 0.29) is 24.4 Å². The number of urea groups is 2. The molecule has 4 heterocycles. The first kappa shape index (κ1) is 35.5. The monoisotopic (exact) mass is 697 g/mol. The average Bonchev–Trinajstić information content (AvgIpc) is 3.11. The molecule has 270 valence electrons. The number of likely N-dealkylation sites (tertiary alicyclic amines) is 3. The number of anilines is 2. The Morgan fingerprint density at radius 3 is 2.24 bits per heavy atom. The fourth-order valence-corrected chi connectivity index (χ4v) is 7.72. The predicted octanol–water partition coefficient (Wildman–Crippen LogP) is 5.41. The lowest BCUT2D eigenvalue weighted by molar-refractivity contribution is -0.140. The highest BCUT2D eigenvalue weighted by Gasteiger charge is 2.38. The van der Waals surface area contributed by atoms with Gasteiger partial charge in [-0.15, -0.1) is 0 Å². The molecular formula is C36H46F3N7O4. The zero-order valence-electron chi connectivity index (χ0n) is 28.4. The van der Waals surface area contributed by atoms with Crippen LogP contribution in [0, 0.1) is 6.92 Å². The third-order valence-electron chi connectivity index (χ3n) is 10.5. The van der Waals surface area contributed by atoms with Crippen molar-refractivity contribution in [2.45, 2.75) is 89.1 Å². The second kappa shape index (κ2) is 15.3. The van der Waals surface area contributed by atoms with E-state index in [1.165, 1.54) is 25.5 Å². The van der Waals surface area contributed by atoms with Crippen molar-refractivity contribution >= 4 is 35.3 Å². The number of aryl methyl sites for hydroxylation is 1. The summed E-state index contributed by atoms with van der Waals surface area (Å²) >= 11 is 0. The van der Waals surface area contributed by atoms with Crippen LogP contribution in [0.5, 0.6) is 0 Å². The maximum absolute atomic E-state index is 13.9. The molecule has 0 bridgehead atoms. The lowest BCUT2D eigenvalue weighted by Gasteiger charge is -2.41. The molecule has 1 atom stereocenters. The van der Waals surface area contributed by atoms with E-state index in [0.29, 0.717) is 57.2 Å². The molecule has 0 aliphatic carbocycles. The number of para-hydroxylation sites is 1. The van der Waals surface area contributed by atoms with Gasteiger partial charge >= 0.3 is 18.2 Å². The fraction of sp³-hybridized carbons (Fsp3) is 0.556. The number of piperidine rings is 3. The van der Waals surface area contributed by atoms with Gasteiger partial charge in [-0.1, -0.05) is 36.2 Å². The minimum absolute atomic E-state index is 0.0766. The van der Waals surface area contributed by atoms with Crippen molar-refractivity contribution in [1.29, 1.82) is 0 Å². The lowest BCUT2D eigenvalue weighted by atomic mass is 9.98. The highest BCUT2D eigenvalue weighted by molar-refractivity contribution is 5.96. The van der Waals surface area contributed by atoms with Crippen molar-refractivity contribution in [3.63, 3.8) is 0 Å². The molecule has 2 aromatic carbocycles. The molecule has 4 aliphatic heterocycles. The van der Waals surface area contributed by atoms with E-state index in [1.54, 1.807) is 14.7 Å². The molecule has 0 aromatic heterocycles. The summed E-state index contributed by atoms with van der Waals surface area (Å²) in [5.41, 5.74) is 0.752. The van der Waals surface area contributed by atoms with Crippen LogP contribution in [0.15, 0.2) is 42.5 Å². The number of benzene rings is 2. The van der Waals surface area contributed by atoms with Gasteiger partial charge in [-0.2, -0.15) is 13.2 Å². The summed E-state index contributed by atoms with van der Waals surface area (Å²) in [7, 11) is 0. The summed E-state index contributed by atoms with van der Waals surface area (Å²) in [5.74, 6) is -0.769. The number of amides is 6. The van der Waals surface area contributed by atoms with E-state index >= 15 is 0 Å². The molecule has 14 heteroatoms. The van der Waals surface area contributed by atoms with Crippen LogP contribution in [0.3, 0.4) is 0 Å². The molecule has 0 spiro atoms. The third-order valence-corrected chi connectivity index (χ3v) is 10.5. The summed E-state index contributed by atoms with van der Waals surface area (Å²) in [6.45, 7) is 5.75. The van der Waals surface area contributed by atoms with Crippen LogP contribution < -0.4 is 16.0 Å². The zero-order valence-corrected chi connectivity index (χ0v) is 28.4. The summed E-state index contributed by atoms with van der Waals surface area (Å²) in [6, 6.07) is 9.07. The predicted molar refractivity (Wildman–Crippen MR) is 182 cm³/mol. The fourth-order valence-electron chi connectivity index (χ4n) is 7.72. The van der Waals surface area contributed by atoms with Gasteiger partial charge in [0.05, 0.1) is 17.7 Å². The van der Waals surface area contributed by atoms with Crippen LogP contribution in [-0.2, 0) is 22.3 Å². The first-order valence-electron chi connectivity index (χ1n) is 17.7.